The minimum atomic E-state index is 0.811. The Hall–Kier alpha value is 0.350. The molecule has 2 nitrogen and oxygen atoms in total. The Morgan fingerprint density at radius 1 is 1.31 bits per heavy atom. The average molecular weight is 395 g/mol. The third-order valence-electron chi connectivity index (χ3n) is 2.64. The Bertz CT molecular complexity index is 353. The van der Waals surface area contributed by atoms with E-state index in [1.54, 1.807) is 0 Å². The smallest absolute Gasteiger partial charge is 0.0220 e. The summed E-state index contributed by atoms with van der Waals surface area (Å²) in [5.74, 6) is 0. The Kier molecular flexibility index (Phi) is 5.06. The lowest BCUT2D eigenvalue weighted by molar-refractivity contribution is 0.608. The van der Waals surface area contributed by atoms with Crippen LogP contribution in [0.15, 0.2) is 22.7 Å². The molecule has 4 heteroatoms. The van der Waals surface area contributed by atoms with Gasteiger partial charge in [0.15, 0.2) is 0 Å². The molecule has 0 saturated heterocycles. The van der Waals surface area contributed by atoms with Crippen LogP contribution in [0, 0.1) is 3.57 Å². The summed E-state index contributed by atoms with van der Waals surface area (Å²) in [5, 5.41) is 6.95. The van der Waals surface area contributed by atoms with Gasteiger partial charge in [0.25, 0.3) is 0 Å². The highest BCUT2D eigenvalue weighted by molar-refractivity contribution is 14.1. The van der Waals surface area contributed by atoms with Crippen molar-refractivity contribution in [1.29, 1.82) is 0 Å². The van der Waals surface area contributed by atoms with E-state index in [9.17, 15) is 0 Å². The zero-order valence-corrected chi connectivity index (χ0v) is 12.8. The van der Waals surface area contributed by atoms with Crippen molar-refractivity contribution in [1.82, 2.24) is 10.6 Å². The molecule has 0 atom stereocenters. The van der Waals surface area contributed by atoms with Gasteiger partial charge in [0, 0.05) is 33.7 Å². The molecule has 1 aromatic rings. The topological polar surface area (TPSA) is 24.1 Å². The highest BCUT2D eigenvalue weighted by Crippen LogP contribution is 2.19. The summed E-state index contributed by atoms with van der Waals surface area (Å²) < 4.78 is 2.48. The number of hydrogen-bond acceptors (Lipinski definition) is 2. The molecule has 88 valence electrons. The van der Waals surface area contributed by atoms with Crippen LogP contribution in [0.25, 0.3) is 0 Å². The van der Waals surface area contributed by atoms with Crippen LogP contribution < -0.4 is 10.6 Å². The predicted octanol–water partition coefficient (Wildman–Crippen LogP) is 2.90. The molecular weight excluding hydrogens is 379 g/mol. The maximum absolute atomic E-state index is 3.57. The Morgan fingerprint density at radius 3 is 2.88 bits per heavy atom. The Morgan fingerprint density at radius 2 is 2.12 bits per heavy atom. The second kappa shape index (κ2) is 6.33. The summed E-state index contributed by atoms with van der Waals surface area (Å²) in [4.78, 5) is 0. The second-order valence-electron chi connectivity index (χ2n) is 4.14. The van der Waals surface area contributed by atoms with E-state index < -0.39 is 0 Å². The molecule has 0 amide bonds. The molecule has 0 aromatic heterocycles. The standard InChI is InChI=1S/C12H16BrIN2/c13-12-4-1-10(14)7-9(12)8-15-5-6-16-11-2-3-11/h1,4,7,11,15-16H,2-3,5-6,8H2. The van der Waals surface area contributed by atoms with Crippen molar-refractivity contribution in [3.8, 4) is 0 Å². The maximum atomic E-state index is 3.57. The van der Waals surface area contributed by atoms with Crippen molar-refractivity contribution >= 4 is 38.5 Å². The fourth-order valence-electron chi connectivity index (χ4n) is 1.55. The average Bonchev–Trinajstić information content (AvgIpc) is 3.06. The van der Waals surface area contributed by atoms with Gasteiger partial charge in [-0.15, -0.1) is 0 Å². The van der Waals surface area contributed by atoms with Gasteiger partial charge in [-0.1, -0.05) is 15.9 Å². The first-order chi connectivity index (χ1) is 7.75. The summed E-state index contributed by atoms with van der Waals surface area (Å²) in [6.45, 7) is 3.05. The second-order valence-corrected chi connectivity index (χ2v) is 6.24. The van der Waals surface area contributed by atoms with Crippen LogP contribution in [0.1, 0.15) is 18.4 Å². The molecule has 0 radical (unpaired) electrons. The Balaban J connectivity index is 1.69. The minimum absolute atomic E-state index is 0.811. The van der Waals surface area contributed by atoms with Gasteiger partial charge >= 0.3 is 0 Å². The van der Waals surface area contributed by atoms with E-state index in [2.05, 4.69) is 67.4 Å². The van der Waals surface area contributed by atoms with Crippen molar-refractivity contribution in [3.63, 3.8) is 0 Å². The van der Waals surface area contributed by atoms with Crippen molar-refractivity contribution in [2.75, 3.05) is 13.1 Å². The number of rotatable bonds is 6. The lowest BCUT2D eigenvalue weighted by atomic mass is 10.2. The quantitative estimate of drug-likeness (QED) is 0.572. The van der Waals surface area contributed by atoms with E-state index in [0.29, 0.717) is 0 Å². The van der Waals surface area contributed by atoms with E-state index in [0.717, 1.165) is 25.7 Å². The summed E-state index contributed by atoms with van der Waals surface area (Å²) >= 11 is 5.92. The van der Waals surface area contributed by atoms with Crippen molar-refractivity contribution in [2.24, 2.45) is 0 Å². The van der Waals surface area contributed by atoms with E-state index in [1.165, 1.54) is 26.4 Å². The van der Waals surface area contributed by atoms with Crippen LogP contribution >= 0.6 is 38.5 Å². The van der Waals surface area contributed by atoms with E-state index in [-0.39, 0.29) is 0 Å². The van der Waals surface area contributed by atoms with Gasteiger partial charge in [0.05, 0.1) is 0 Å². The van der Waals surface area contributed by atoms with Gasteiger partial charge < -0.3 is 10.6 Å². The van der Waals surface area contributed by atoms with Crippen LogP contribution in [0.5, 0.6) is 0 Å². The van der Waals surface area contributed by atoms with Gasteiger partial charge in [-0.05, 0) is 59.2 Å². The summed E-state index contributed by atoms with van der Waals surface area (Å²) in [7, 11) is 0. The molecule has 1 fully saturated rings. The molecule has 1 aliphatic carbocycles. The zero-order valence-electron chi connectivity index (χ0n) is 9.10. The Labute approximate surface area is 119 Å². The van der Waals surface area contributed by atoms with Gasteiger partial charge in [-0.3, -0.25) is 0 Å². The van der Waals surface area contributed by atoms with Crippen molar-refractivity contribution in [3.05, 3.63) is 31.8 Å². The molecule has 0 heterocycles. The predicted molar refractivity (Wildman–Crippen MR) is 79.6 cm³/mol. The van der Waals surface area contributed by atoms with Crippen molar-refractivity contribution in [2.45, 2.75) is 25.4 Å². The molecule has 2 rings (SSSR count). The molecule has 0 aliphatic heterocycles. The first-order valence-electron chi connectivity index (χ1n) is 5.64. The summed E-state index contributed by atoms with van der Waals surface area (Å²) in [6.07, 6.45) is 2.73. The van der Waals surface area contributed by atoms with Crippen LogP contribution in [0.3, 0.4) is 0 Å². The molecule has 16 heavy (non-hydrogen) atoms. The summed E-state index contributed by atoms with van der Waals surface area (Å²) in [5.41, 5.74) is 1.33. The molecule has 2 N–H and O–H groups in total. The monoisotopic (exact) mass is 394 g/mol. The molecular formula is C12H16BrIN2. The third kappa shape index (κ3) is 4.31. The van der Waals surface area contributed by atoms with Crippen molar-refractivity contribution < 1.29 is 0 Å². The molecule has 0 bridgehead atoms. The first-order valence-corrected chi connectivity index (χ1v) is 7.51. The van der Waals surface area contributed by atoms with Crippen LogP contribution in [-0.4, -0.2) is 19.1 Å². The summed E-state index contributed by atoms with van der Waals surface area (Å²) in [6, 6.07) is 7.25. The van der Waals surface area contributed by atoms with E-state index in [1.807, 2.05) is 0 Å². The van der Waals surface area contributed by atoms with Gasteiger partial charge in [0.2, 0.25) is 0 Å². The molecule has 1 aliphatic rings. The normalized spacial score (nSPS) is 15.4. The first kappa shape index (κ1) is 12.8. The minimum Gasteiger partial charge on any atom is -0.313 e. The van der Waals surface area contributed by atoms with Gasteiger partial charge in [-0.2, -0.15) is 0 Å². The van der Waals surface area contributed by atoms with Gasteiger partial charge in [0.1, 0.15) is 0 Å². The lowest BCUT2D eigenvalue weighted by Crippen LogP contribution is -2.28. The van der Waals surface area contributed by atoms with Crippen LogP contribution in [-0.2, 0) is 6.54 Å². The zero-order chi connectivity index (χ0) is 11.4. The maximum Gasteiger partial charge on any atom is 0.0220 e. The van der Waals surface area contributed by atoms with Crippen LogP contribution in [0.4, 0.5) is 0 Å². The third-order valence-corrected chi connectivity index (χ3v) is 4.08. The van der Waals surface area contributed by atoms with Crippen LogP contribution in [0.2, 0.25) is 0 Å². The lowest BCUT2D eigenvalue weighted by Gasteiger charge is -2.08. The fraction of sp³-hybridized carbons (Fsp3) is 0.500. The molecule has 0 unspecified atom stereocenters. The highest BCUT2D eigenvalue weighted by Gasteiger charge is 2.19. The number of halogens is 2. The fourth-order valence-corrected chi connectivity index (χ4v) is 2.50. The molecule has 1 aromatic carbocycles. The number of benzene rings is 1. The van der Waals surface area contributed by atoms with Gasteiger partial charge in [-0.25, -0.2) is 0 Å². The number of hydrogen-bond donors (Lipinski definition) is 2. The van der Waals surface area contributed by atoms with E-state index in [4.69, 9.17) is 0 Å². The largest absolute Gasteiger partial charge is 0.313 e. The number of nitrogens with one attached hydrogen (secondary N) is 2. The molecule has 1 saturated carbocycles. The SMILES string of the molecule is Brc1ccc(I)cc1CNCCNC1CC1. The molecule has 0 spiro atoms. The highest BCUT2D eigenvalue weighted by atomic mass is 127. The van der Waals surface area contributed by atoms with E-state index >= 15 is 0 Å².